The number of carbonyl (C=O) groups is 3. The highest BCUT2D eigenvalue weighted by Crippen LogP contribution is 2.36. The number of methoxy groups -OCH3 is 2. The third-order valence-corrected chi connectivity index (χ3v) is 7.63. The van der Waals surface area contributed by atoms with E-state index in [1.807, 2.05) is 20.8 Å². The van der Waals surface area contributed by atoms with Crippen LogP contribution in [0.5, 0.6) is 11.5 Å². The van der Waals surface area contributed by atoms with Crippen LogP contribution in [0, 0.1) is 5.92 Å². The zero-order valence-electron chi connectivity index (χ0n) is 26.8. The van der Waals surface area contributed by atoms with Crippen molar-refractivity contribution in [3.8, 4) is 11.5 Å². The van der Waals surface area contributed by atoms with Crippen molar-refractivity contribution < 1.29 is 42.8 Å². The van der Waals surface area contributed by atoms with Gasteiger partial charge >= 0.3 is 18.0 Å². The van der Waals surface area contributed by atoms with Gasteiger partial charge in [0.15, 0.2) is 0 Å². The van der Waals surface area contributed by atoms with Crippen LogP contribution in [0.2, 0.25) is 0 Å². The zero-order chi connectivity index (χ0) is 32.3. The Balaban J connectivity index is 1.66. The molecule has 2 fully saturated rings. The number of carbonyl (C=O) groups excluding carboxylic acids is 3. The van der Waals surface area contributed by atoms with Gasteiger partial charge in [0.2, 0.25) is 0 Å². The van der Waals surface area contributed by atoms with E-state index in [-0.39, 0.29) is 35.7 Å². The van der Waals surface area contributed by atoms with Crippen LogP contribution >= 0.6 is 0 Å². The molecule has 0 aromatic heterocycles. The summed E-state index contributed by atoms with van der Waals surface area (Å²) in [6.45, 7) is 17.3. The summed E-state index contributed by atoms with van der Waals surface area (Å²) >= 11 is 0. The first-order valence-corrected chi connectivity index (χ1v) is 15.1. The van der Waals surface area contributed by atoms with E-state index < -0.39 is 17.5 Å². The lowest BCUT2D eigenvalue weighted by Gasteiger charge is -2.45. The molecule has 44 heavy (non-hydrogen) atoms. The first kappa shape index (κ1) is 34.9. The molecule has 0 N–H and O–H groups in total. The minimum atomic E-state index is -0.717. The summed E-state index contributed by atoms with van der Waals surface area (Å²) in [7, 11) is 2.48. The van der Waals surface area contributed by atoms with Crippen molar-refractivity contribution in [2.45, 2.75) is 64.2 Å². The van der Waals surface area contributed by atoms with Gasteiger partial charge in [-0.25, -0.2) is 14.4 Å². The van der Waals surface area contributed by atoms with Crippen LogP contribution < -0.4 is 9.47 Å². The molecule has 1 aliphatic carbocycles. The molecule has 11 nitrogen and oxygen atoms in total. The van der Waals surface area contributed by atoms with E-state index in [1.54, 1.807) is 17.0 Å². The number of hydrogen-bond donors (Lipinski definition) is 0. The lowest BCUT2D eigenvalue weighted by atomic mass is 9.86. The van der Waals surface area contributed by atoms with Crippen molar-refractivity contribution in [2.75, 3.05) is 60.2 Å². The predicted molar refractivity (Wildman–Crippen MR) is 165 cm³/mol. The maximum atomic E-state index is 12.6. The van der Waals surface area contributed by atoms with Gasteiger partial charge in [-0.05, 0) is 45.6 Å². The molecule has 11 heteroatoms. The van der Waals surface area contributed by atoms with Gasteiger partial charge in [0.25, 0.3) is 0 Å². The summed E-state index contributed by atoms with van der Waals surface area (Å²) in [4.78, 5) is 41.9. The SMILES string of the molecule is C=CCOCCN(CC1CCN(C(=O)OC(C)(C)C)CC1)C1CC(Oc2cc(OCC=C)c(C(=O)OC)c(C(=O)OC)c2)C1. The number of benzene rings is 1. The van der Waals surface area contributed by atoms with Crippen molar-refractivity contribution in [2.24, 2.45) is 5.92 Å². The van der Waals surface area contributed by atoms with Gasteiger partial charge in [-0.2, -0.15) is 0 Å². The van der Waals surface area contributed by atoms with Crippen molar-refractivity contribution in [1.29, 1.82) is 0 Å². The van der Waals surface area contributed by atoms with Crippen LogP contribution in [0.3, 0.4) is 0 Å². The molecule has 244 valence electrons. The van der Waals surface area contributed by atoms with E-state index in [0.717, 1.165) is 38.8 Å². The normalized spacial score (nSPS) is 18.6. The quantitative estimate of drug-likeness (QED) is 0.117. The molecule has 1 aromatic rings. The second kappa shape index (κ2) is 16.5. The van der Waals surface area contributed by atoms with Gasteiger partial charge in [-0.3, -0.25) is 4.90 Å². The van der Waals surface area contributed by atoms with Crippen molar-refractivity contribution in [1.82, 2.24) is 9.80 Å². The number of likely N-dealkylation sites (tertiary alicyclic amines) is 1. The van der Waals surface area contributed by atoms with E-state index in [4.69, 9.17) is 28.4 Å². The second-order valence-electron chi connectivity index (χ2n) is 12.1. The fourth-order valence-corrected chi connectivity index (χ4v) is 5.36. The van der Waals surface area contributed by atoms with E-state index in [0.29, 0.717) is 44.0 Å². The average Bonchev–Trinajstić information content (AvgIpc) is 2.97. The minimum absolute atomic E-state index is 0.00510. The minimum Gasteiger partial charge on any atom is -0.490 e. The van der Waals surface area contributed by atoms with Crippen LogP contribution in [0.15, 0.2) is 37.4 Å². The van der Waals surface area contributed by atoms with Gasteiger partial charge in [-0.1, -0.05) is 18.7 Å². The molecular formula is C33H48N2O9. The summed E-state index contributed by atoms with van der Waals surface area (Å²) in [5.74, 6) is -0.411. The van der Waals surface area contributed by atoms with Gasteiger partial charge in [0, 0.05) is 51.1 Å². The fourth-order valence-electron chi connectivity index (χ4n) is 5.36. The Bertz CT molecular complexity index is 1150. The van der Waals surface area contributed by atoms with Crippen LogP contribution in [-0.4, -0.2) is 106 Å². The number of amides is 1. The average molecular weight is 617 g/mol. The molecule has 1 aromatic carbocycles. The Morgan fingerprint density at radius 2 is 1.66 bits per heavy atom. The van der Waals surface area contributed by atoms with Crippen LogP contribution in [0.1, 0.15) is 67.2 Å². The second-order valence-corrected chi connectivity index (χ2v) is 12.1. The maximum absolute atomic E-state index is 12.6. The first-order valence-electron chi connectivity index (χ1n) is 15.1. The molecular weight excluding hydrogens is 568 g/mol. The Morgan fingerprint density at radius 3 is 2.25 bits per heavy atom. The Kier molecular flexibility index (Phi) is 13.1. The van der Waals surface area contributed by atoms with Crippen molar-refractivity contribution >= 4 is 18.0 Å². The van der Waals surface area contributed by atoms with E-state index in [2.05, 4.69) is 18.1 Å². The fraction of sp³-hybridized carbons (Fsp3) is 0.606. The van der Waals surface area contributed by atoms with Crippen LogP contribution in [0.25, 0.3) is 0 Å². The van der Waals surface area contributed by atoms with Crippen molar-refractivity contribution in [3.63, 3.8) is 0 Å². The van der Waals surface area contributed by atoms with Crippen molar-refractivity contribution in [3.05, 3.63) is 48.6 Å². The van der Waals surface area contributed by atoms with E-state index in [1.165, 1.54) is 26.4 Å². The molecule has 0 radical (unpaired) electrons. The first-order chi connectivity index (χ1) is 21.0. The monoisotopic (exact) mass is 616 g/mol. The molecule has 1 saturated carbocycles. The highest BCUT2D eigenvalue weighted by Gasteiger charge is 2.37. The number of esters is 2. The third kappa shape index (κ3) is 9.99. The molecule has 0 spiro atoms. The smallest absolute Gasteiger partial charge is 0.410 e. The molecule has 1 heterocycles. The Morgan fingerprint density at radius 1 is 1.00 bits per heavy atom. The Hall–Kier alpha value is -3.57. The highest BCUT2D eigenvalue weighted by molar-refractivity contribution is 6.05. The molecule has 2 aliphatic rings. The molecule has 0 bridgehead atoms. The van der Waals surface area contributed by atoms with E-state index in [9.17, 15) is 14.4 Å². The summed E-state index contributed by atoms with van der Waals surface area (Å²) in [5.41, 5.74) is -0.530. The summed E-state index contributed by atoms with van der Waals surface area (Å²) < 4.78 is 33.0. The van der Waals surface area contributed by atoms with E-state index >= 15 is 0 Å². The van der Waals surface area contributed by atoms with Crippen LogP contribution in [-0.2, 0) is 18.9 Å². The van der Waals surface area contributed by atoms with Gasteiger partial charge in [-0.15, -0.1) is 6.58 Å². The third-order valence-electron chi connectivity index (χ3n) is 7.63. The number of piperidine rings is 1. The number of rotatable bonds is 15. The maximum Gasteiger partial charge on any atom is 0.410 e. The highest BCUT2D eigenvalue weighted by atomic mass is 16.6. The van der Waals surface area contributed by atoms with Crippen LogP contribution in [0.4, 0.5) is 4.79 Å². The summed E-state index contributed by atoms with van der Waals surface area (Å²) in [6.07, 6.45) is 6.33. The number of hydrogen-bond acceptors (Lipinski definition) is 10. The molecule has 1 saturated heterocycles. The lowest BCUT2D eigenvalue weighted by Crippen LogP contribution is -2.52. The van der Waals surface area contributed by atoms with Gasteiger partial charge in [0.05, 0.1) is 33.0 Å². The predicted octanol–water partition coefficient (Wildman–Crippen LogP) is 4.89. The topological polar surface area (TPSA) is 113 Å². The van der Waals surface area contributed by atoms with Gasteiger partial charge < -0.3 is 33.3 Å². The number of nitrogens with zero attached hydrogens (tertiary/aromatic N) is 2. The largest absolute Gasteiger partial charge is 0.490 e. The number of ether oxygens (including phenoxy) is 6. The lowest BCUT2D eigenvalue weighted by molar-refractivity contribution is -0.0109. The molecule has 0 unspecified atom stereocenters. The molecule has 0 atom stereocenters. The van der Waals surface area contributed by atoms with Gasteiger partial charge in [0.1, 0.15) is 35.4 Å². The standard InChI is InChI=1S/C33H48N2O9/c1-8-15-41-17-14-35(22-23-10-12-34(13-11-23)32(38)44-33(3,4)5)24-18-25(19-24)43-26-20-27(30(36)39-6)29(31(37)40-7)28(21-26)42-16-9-2/h8-9,20-21,23-25H,1-2,10-19,22H2,3-7H3. The molecule has 3 rings (SSSR count). The molecule has 1 aliphatic heterocycles. The summed E-state index contributed by atoms with van der Waals surface area (Å²) in [6, 6.07) is 3.38. The molecule has 1 amide bonds. The Labute approximate surface area is 261 Å². The zero-order valence-corrected chi connectivity index (χ0v) is 26.8. The summed E-state index contributed by atoms with van der Waals surface area (Å²) in [5, 5.41) is 0.